The standard InChI is InChI=1S/C11H12BrNO/c1-4-10(14)13-9-5-7(2)11(12)8(3)6-9/h4-6H,1H2,2-3H3,(H,13,14). The summed E-state index contributed by atoms with van der Waals surface area (Å²) >= 11 is 3.46. The Kier molecular flexibility index (Phi) is 3.47. The van der Waals surface area contributed by atoms with E-state index in [-0.39, 0.29) is 5.91 Å². The van der Waals surface area contributed by atoms with Gasteiger partial charge in [-0.1, -0.05) is 22.5 Å². The number of carbonyl (C=O) groups is 1. The second-order valence-electron chi connectivity index (χ2n) is 3.12. The van der Waals surface area contributed by atoms with Crippen LogP contribution in [0.4, 0.5) is 5.69 Å². The van der Waals surface area contributed by atoms with Gasteiger partial charge in [0.15, 0.2) is 0 Å². The number of carbonyl (C=O) groups excluding carboxylic acids is 1. The number of aryl methyl sites for hydroxylation is 2. The molecule has 0 spiro atoms. The number of nitrogens with one attached hydrogen (secondary N) is 1. The van der Waals surface area contributed by atoms with E-state index in [0.717, 1.165) is 21.3 Å². The van der Waals surface area contributed by atoms with Crippen LogP contribution in [0.1, 0.15) is 11.1 Å². The van der Waals surface area contributed by atoms with Gasteiger partial charge in [0.1, 0.15) is 0 Å². The fourth-order valence-corrected chi connectivity index (χ4v) is 1.44. The van der Waals surface area contributed by atoms with Crippen molar-refractivity contribution in [2.24, 2.45) is 0 Å². The maximum Gasteiger partial charge on any atom is 0.247 e. The van der Waals surface area contributed by atoms with Crippen molar-refractivity contribution in [1.29, 1.82) is 0 Å². The molecule has 0 aliphatic heterocycles. The quantitative estimate of drug-likeness (QED) is 0.807. The second-order valence-corrected chi connectivity index (χ2v) is 3.91. The van der Waals surface area contributed by atoms with Crippen molar-refractivity contribution in [3.05, 3.63) is 40.4 Å². The molecule has 0 fully saturated rings. The predicted octanol–water partition coefficient (Wildman–Crippen LogP) is 3.19. The summed E-state index contributed by atoms with van der Waals surface area (Å²) in [5, 5.41) is 2.72. The summed E-state index contributed by atoms with van der Waals surface area (Å²) in [5.41, 5.74) is 3.00. The molecular formula is C11H12BrNO. The molecule has 0 aliphatic carbocycles. The van der Waals surface area contributed by atoms with Crippen molar-refractivity contribution in [3.63, 3.8) is 0 Å². The van der Waals surface area contributed by atoms with Gasteiger partial charge in [0, 0.05) is 10.2 Å². The molecule has 74 valence electrons. The Bertz CT molecular complexity index is 362. The lowest BCUT2D eigenvalue weighted by Crippen LogP contribution is -2.07. The molecule has 1 N–H and O–H groups in total. The number of amides is 1. The summed E-state index contributed by atoms with van der Waals surface area (Å²) in [6, 6.07) is 3.83. The topological polar surface area (TPSA) is 29.1 Å². The van der Waals surface area contributed by atoms with Crippen molar-refractivity contribution in [2.45, 2.75) is 13.8 Å². The smallest absolute Gasteiger partial charge is 0.247 e. The largest absolute Gasteiger partial charge is 0.323 e. The third-order valence-corrected chi connectivity index (χ3v) is 3.14. The second kappa shape index (κ2) is 4.42. The number of benzene rings is 1. The normalized spacial score (nSPS) is 9.64. The van der Waals surface area contributed by atoms with E-state index in [2.05, 4.69) is 27.8 Å². The molecule has 0 radical (unpaired) electrons. The zero-order chi connectivity index (χ0) is 10.7. The van der Waals surface area contributed by atoms with Crippen molar-refractivity contribution in [1.82, 2.24) is 0 Å². The highest BCUT2D eigenvalue weighted by Crippen LogP contribution is 2.24. The van der Waals surface area contributed by atoms with Crippen LogP contribution in [0.15, 0.2) is 29.3 Å². The van der Waals surface area contributed by atoms with Crippen LogP contribution in [0.2, 0.25) is 0 Å². The summed E-state index contributed by atoms with van der Waals surface area (Å²) in [7, 11) is 0. The molecule has 0 aliphatic rings. The first-order valence-electron chi connectivity index (χ1n) is 4.24. The van der Waals surface area contributed by atoms with Gasteiger partial charge in [0.25, 0.3) is 0 Å². The third-order valence-electron chi connectivity index (χ3n) is 1.89. The van der Waals surface area contributed by atoms with Gasteiger partial charge in [-0.15, -0.1) is 0 Å². The Balaban J connectivity index is 3.01. The molecule has 0 saturated carbocycles. The maximum atomic E-state index is 11.0. The van der Waals surface area contributed by atoms with Crippen LogP contribution in [0, 0.1) is 13.8 Å². The van der Waals surface area contributed by atoms with Gasteiger partial charge in [0.2, 0.25) is 5.91 Å². The molecule has 0 bridgehead atoms. The van der Waals surface area contributed by atoms with Gasteiger partial charge in [0.05, 0.1) is 0 Å². The van der Waals surface area contributed by atoms with Crippen molar-refractivity contribution in [2.75, 3.05) is 5.32 Å². The van der Waals surface area contributed by atoms with Crippen LogP contribution in [-0.2, 0) is 4.79 Å². The summed E-state index contributed by atoms with van der Waals surface area (Å²) < 4.78 is 1.08. The zero-order valence-electron chi connectivity index (χ0n) is 8.23. The first kappa shape index (κ1) is 11.0. The number of hydrogen-bond donors (Lipinski definition) is 1. The molecule has 2 nitrogen and oxygen atoms in total. The van der Waals surface area contributed by atoms with Crippen LogP contribution >= 0.6 is 15.9 Å². The minimum absolute atomic E-state index is 0.189. The summed E-state index contributed by atoms with van der Waals surface area (Å²) in [6.45, 7) is 7.37. The van der Waals surface area contributed by atoms with E-state index in [1.807, 2.05) is 26.0 Å². The predicted molar refractivity (Wildman–Crippen MR) is 62.4 cm³/mol. The fraction of sp³-hybridized carbons (Fsp3) is 0.182. The van der Waals surface area contributed by atoms with Gasteiger partial charge in [-0.05, 0) is 43.2 Å². The maximum absolute atomic E-state index is 11.0. The van der Waals surface area contributed by atoms with Crippen LogP contribution in [0.5, 0.6) is 0 Å². The van der Waals surface area contributed by atoms with E-state index < -0.39 is 0 Å². The summed E-state index contributed by atoms with van der Waals surface area (Å²) in [5.74, 6) is -0.189. The summed E-state index contributed by atoms with van der Waals surface area (Å²) in [4.78, 5) is 11.0. The minimum atomic E-state index is -0.189. The lowest BCUT2D eigenvalue weighted by atomic mass is 10.1. The van der Waals surface area contributed by atoms with E-state index in [4.69, 9.17) is 0 Å². The molecule has 0 unspecified atom stereocenters. The molecule has 1 aromatic rings. The lowest BCUT2D eigenvalue weighted by molar-refractivity contribution is -0.111. The van der Waals surface area contributed by atoms with Crippen molar-refractivity contribution < 1.29 is 4.79 Å². The van der Waals surface area contributed by atoms with Gasteiger partial charge in [-0.25, -0.2) is 0 Å². The SMILES string of the molecule is C=CC(=O)Nc1cc(C)c(Br)c(C)c1. The molecule has 1 amide bonds. The molecule has 0 heterocycles. The monoisotopic (exact) mass is 253 g/mol. The molecule has 14 heavy (non-hydrogen) atoms. The first-order valence-corrected chi connectivity index (χ1v) is 5.04. The molecule has 0 saturated heterocycles. The molecular weight excluding hydrogens is 242 g/mol. The zero-order valence-corrected chi connectivity index (χ0v) is 9.81. The van der Waals surface area contributed by atoms with Crippen LogP contribution in [0.25, 0.3) is 0 Å². The van der Waals surface area contributed by atoms with Crippen molar-refractivity contribution >= 4 is 27.5 Å². The highest BCUT2D eigenvalue weighted by Gasteiger charge is 2.03. The molecule has 1 rings (SSSR count). The fourth-order valence-electron chi connectivity index (χ4n) is 1.21. The lowest BCUT2D eigenvalue weighted by Gasteiger charge is -2.07. The van der Waals surface area contributed by atoms with Crippen LogP contribution < -0.4 is 5.32 Å². The Morgan fingerprint density at radius 2 is 1.93 bits per heavy atom. The molecule has 3 heteroatoms. The van der Waals surface area contributed by atoms with E-state index in [9.17, 15) is 4.79 Å². The average molecular weight is 254 g/mol. The molecule has 0 aromatic heterocycles. The van der Waals surface area contributed by atoms with Crippen LogP contribution in [-0.4, -0.2) is 5.91 Å². The van der Waals surface area contributed by atoms with Gasteiger partial charge >= 0.3 is 0 Å². The van der Waals surface area contributed by atoms with Gasteiger partial charge in [-0.3, -0.25) is 4.79 Å². The van der Waals surface area contributed by atoms with E-state index in [1.165, 1.54) is 6.08 Å². The van der Waals surface area contributed by atoms with E-state index in [0.29, 0.717) is 0 Å². The van der Waals surface area contributed by atoms with Gasteiger partial charge in [-0.2, -0.15) is 0 Å². The number of rotatable bonds is 2. The molecule has 0 atom stereocenters. The number of hydrogen-bond acceptors (Lipinski definition) is 1. The first-order chi connectivity index (χ1) is 6.54. The Morgan fingerprint density at radius 1 is 1.43 bits per heavy atom. The Morgan fingerprint density at radius 3 is 2.36 bits per heavy atom. The summed E-state index contributed by atoms with van der Waals surface area (Å²) in [6.07, 6.45) is 1.26. The average Bonchev–Trinajstić information content (AvgIpc) is 2.14. The minimum Gasteiger partial charge on any atom is -0.323 e. The third kappa shape index (κ3) is 2.45. The van der Waals surface area contributed by atoms with E-state index >= 15 is 0 Å². The molecule has 1 aromatic carbocycles. The van der Waals surface area contributed by atoms with E-state index in [1.54, 1.807) is 0 Å². The Labute approximate surface area is 92.1 Å². The number of halogens is 1. The highest BCUT2D eigenvalue weighted by molar-refractivity contribution is 9.10. The highest BCUT2D eigenvalue weighted by atomic mass is 79.9. The van der Waals surface area contributed by atoms with Gasteiger partial charge < -0.3 is 5.32 Å². The number of anilines is 1. The van der Waals surface area contributed by atoms with Crippen molar-refractivity contribution in [3.8, 4) is 0 Å². The van der Waals surface area contributed by atoms with Crippen LogP contribution in [0.3, 0.4) is 0 Å². The Hall–Kier alpha value is -1.09.